The fourth-order valence-corrected chi connectivity index (χ4v) is 3.49. The van der Waals surface area contributed by atoms with Gasteiger partial charge in [0.1, 0.15) is 5.75 Å². The lowest BCUT2D eigenvalue weighted by atomic mass is 9.97. The smallest absolute Gasteiger partial charge is 0.261 e. The molecule has 0 aliphatic carbocycles. The minimum Gasteiger partial charge on any atom is -0.481 e. The van der Waals surface area contributed by atoms with Crippen LogP contribution in [0, 0.1) is 13.8 Å². The lowest BCUT2D eigenvalue weighted by Crippen LogP contribution is -2.39. The highest BCUT2D eigenvalue weighted by molar-refractivity contribution is 5.81. The zero-order valence-corrected chi connectivity index (χ0v) is 18.5. The van der Waals surface area contributed by atoms with E-state index in [1.165, 1.54) is 5.56 Å². The predicted octanol–water partition coefficient (Wildman–Crippen LogP) is 6.10. The summed E-state index contributed by atoms with van der Waals surface area (Å²) >= 11 is 0. The summed E-state index contributed by atoms with van der Waals surface area (Å²) < 4.78 is 6.13. The average molecular weight is 402 g/mol. The zero-order chi connectivity index (χ0) is 21.7. The minimum atomic E-state index is -0.610. The molecule has 0 bridgehead atoms. The Morgan fingerprint density at radius 2 is 1.40 bits per heavy atom. The van der Waals surface area contributed by atoms with Crippen molar-refractivity contribution in [1.82, 2.24) is 5.32 Å². The molecule has 1 amide bonds. The Hall–Kier alpha value is -3.07. The second-order valence-electron chi connectivity index (χ2n) is 8.22. The molecule has 3 heteroatoms. The van der Waals surface area contributed by atoms with Gasteiger partial charge in [-0.1, -0.05) is 86.1 Å². The monoisotopic (exact) mass is 401 g/mol. The van der Waals surface area contributed by atoms with E-state index in [1.54, 1.807) is 6.92 Å². The van der Waals surface area contributed by atoms with Gasteiger partial charge in [0.05, 0.1) is 6.04 Å². The molecule has 1 N–H and O–H groups in total. The van der Waals surface area contributed by atoms with Crippen LogP contribution in [-0.4, -0.2) is 12.0 Å². The van der Waals surface area contributed by atoms with Crippen LogP contribution in [-0.2, 0) is 4.79 Å². The fourth-order valence-electron chi connectivity index (χ4n) is 3.49. The largest absolute Gasteiger partial charge is 0.481 e. The van der Waals surface area contributed by atoms with Crippen molar-refractivity contribution < 1.29 is 9.53 Å². The topological polar surface area (TPSA) is 38.3 Å². The Bertz CT molecular complexity index is 978. The first-order valence-electron chi connectivity index (χ1n) is 10.5. The molecule has 0 aliphatic rings. The molecule has 3 rings (SSSR count). The first kappa shape index (κ1) is 21.6. The maximum absolute atomic E-state index is 13.1. The van der Waals surface area contributed by atoms with E-state index in [4.69, 9.17) is 4.74 Å². The van der Waals surface area contributed by atoms with Crippen LogP contribution in [0.2, 0.25) is 0 Å². The van der Waals surface area contributed by atoms with Crippen molar-refractivity contribution in [2.75, 3.05) is 0 Å². The molecule has 0 saturated carbocycles. The summed E-state index contributed by atoms with van der Waals surface area (Å²) in [6.45, 7) is 10.2. The molecule has 0 aliphatic heterocycles. The molecular formula is C27H31NO2. The van der Waals surface area contributed by atoms with Gasteiger partial charge in [-0.2, -0.15) is 0 Å². The number of hydrogen-bond acceptors (Lipinski definition) is 2. The van der Waals surface area contributed by atoms with Crippen LogP contribution in [0.25, 0.3) is 0 Å². The van der Waals surface area contributed by atoms with E-state index in [0.717, 1.165) is 28.0 Å². The Labute approximate surface area is 180 Å². The van der Waals surface area contributed by atoms with Crippen LogP contribution in [0.1, 0.15) is 60.5 Å². The number of amides is 1. The van der Waals surface area contributed by atoms with Gasteiger partial charge in [0, 0.05) is 0 Å². The van der Waals surface area contributed by atoms with Gasteiger partial charge in [0.15, 0.2) is 6.10 Å². The number of ether oxygens (including phenoxy) is 1. The molecule has 0 aromatic heterocycles. The van der Waals surface area contributed by atoms with E-state index in [1.807, 2.05) is 43.3 Å². The number of hydrogen-bond donors (Lipinski definition) is 1. The summed E-state index contributed by atoms with van der Waals surface area (Å²) in [5.74, 6) is 0.959. The Morgan fingerprint density at radius 1 is 0.800 bits per heavy atom. The average Bonchev–Trinajstić information content (AvgIpc) is 2.73. The van der Waals surface area contributed by atoms with Crippen molar-refractivity contribution >= 4 is 5.91 Å². The highest BCUT2D eigenvalue weighted by Crippen LogP contribution is 2.29. The molecule has 0 fully saturated rings. The van der Waals surface area contributed by atoms with Crippen molar-refractivity contribution in [1.29, 1.82) is 0 Å². The summed E-state index contributed by atoms with van der Waals surface area (Å²) in [5.41, 5.74) is 5.50. The SMILES string of the molecule is Cc1ccc([C@H](NC(=O)[C@@H](C)Oc2cc(C)ccc2C(C)C)c2ccccc2)cc1. The number of aryl methyl sites for hydroxylation is 2. The van der Waals surface area contributed by atoms with Crippen molar-refractivity contribution in [3.63, 3.8) is 0 Å². The van der Waals surface area contributed by atoms with Crippen molar-refractivity contribution in [3.8, 4) is 5.75 Å². The molecule has 0 unspecified atom stereocenters. The van der Waals surface area contributed by atoms with Crippen molar-refractivity contribution in [3.05, 3.63) is 101 Å². The first-order chi connectivity index (χ1) is 14.3. The Balaban J connectivity index is 1.82. The maximum atomic E-state index is 13.1. The molecule has 3 nitrogen and oxygen atoms in total. The third-order valence-electron chi connectivity index (χ3n) is 5.29. The molecule has 0 heterocycles. The number of carbonyl (C=O) groups is 1. The van der Waals surface area contributed by atoms with Crippen molar-refractivity contribution in [2.24, 2.45) is 0 Å². The third-order valence-corrected chi connectivity index (χ3v) is 5.29. The maximum Gasteiger partial charge on any atom is 0.261 e. The van der Waals surface area contributed by atoms with Gasteiger partial charge < -0.3 is 10.1 Å². The second-order valence-corrected chi connectivity index (χ2v) is 8.22. The molecule has 0 radical (unpaired) electrons. The van der Waals surface area contributed by atoms with Crippen LogP contribution in [0.3, 0.4) is 0 Å². The number of rotatable bonds is 7. The third kappa shape index (κ3) is 5.29. The molecule has 0 saturated heterocycles. The fraction of sp³-hybridized carbons (Fsp3) is 0.296. The van der Waals surface area contributed by atoms with Crippen molar-refractivity contribution in [2.45, 2.75) is 52.7 Å². The van der Waals surface area contributed by atoms with E-state index in [2.05, 4.69) is 62.5 Å². The quantitative estimate of drug-likeness (QED) is 0.519. The molecule has 0 spiro atoms. The van der Waals surface area contributed by atoms with Gasteiger partial charge >= 0.3 is 0 Å². The lowest BCUT2D eigenvalue weighted by molar-refractivity contribution is -0.127. The van der Waals surface area contributed by atoms with E-state index >= 15 is 0 Å². The first-order valence-corrected chi connectivity index (χ1v) is 10.5. The summed E-state index contributed by atoms with van der Waals surface area (Å²) in [5, 5.41) is 3.19. The standard InChI is InChI=1S/C27H31NO2/c1-18(2)24-16-13-20(4)17-25(24)30-21(5)27(29)28-26(22-9-7-6-8-10-22)23-14-11-19(3)12-15-23/h6-18,21,26H,1-5H3,(H,28,29)/t21-,26-/m1/s1. The molecule has 30 heavy (non-hydrogen) atoms. The van der Waals surface area contributed by atoms with Crippen LogP contribution < -0.4 is 10.1 Å². The molecule has 3 aromatic carbocycles. The van der Waals surface area contributed by atoms with E-state index < -0.39 is 6.10 Å². The Kier molecular flexibility index (Phi) is 6.94. The highest BCUT2D eigenvalue weighted by Gasteiger charge is 2.23. The van der Waals surface area contributed by atoms with Gasteiger partial charge in [0.2, 0.25) is 0 Å². The predicted molar refractivity (Wildman–Crippen MR) is 123 cm³/mol. The second kappa shape index (κ2) is 9.62. The zero-order valence-electron chi connectivity index (χ0n) is 18.5. The summed E-state index contributed by atoms with van der Waals surface area (Å²) in [6.07, 6.45) is -0.610. The van der Waals surface area contributed by atoms with Gasteiger partial charge in [-0.25, -0.2) is 0 Å². The molecular weight excluding hydrogens is 370 g/mol. The van der Waals surface area contributed by atoms with Gasteiger partial charge in [0.25, 0.3) is 5.91 Å². The summed E-state index contributed by atoms with van der Waals surface area (Å²) in [4.78, 5) is 13.1. The van der Waals surface area contributed by atoms with Gasteiger partial charge in [-0.15, -0.1) is 0 Å². The van der Waals surface area contributed by atoms with Crippen LogP contribution >= 0.6 is 0 Å². The summed E-state index contributed by atoms with van der Waals surface area (Å²) in [6, 6.07) is 24.2. The van der Waals surface area contributed by atoms with E-state index in [0.29, 0.717) is 5.92 Å². The van der Waals surface area contributed by atoms with Gasteiger partial charge in [-0.3, -0.25) is 4.79 Å². The Morgan fingerprint density at radius 3 is 2.03 bits per heavy atom. The highest BCUT2D eigenvalue weighted by atomic mass is 16.5. The lowest BCUT2D eigenvalue weighted by Gasteiger charge is -2.24. The number of benzene rings is 3. The summed E-state index contributed by atoms with van der Waals surface area (Å²) in [7, 11) is 0. The van der Waals surface area contributed by atoms with Crippen LogP contribution in [0.5, 0.6) is 5.75 Å². The molecule has 156 valence electrons. The number of nitrogens with one attached hydrogen (secondary N) is 1. The van der Waals surface area contributed by atoms with E-state index in [9.17, 15) is 4.79 Å². The van der Waals surface area contributed by atoms with Gasteiger partial charge in [-0.05, 0) is 55.0 Å². The number of carbonyl (C=O) groups excluding carboxylic acids is 1. The molecule has 3 aromatic rings. The normalized spacial score (nSPS) is 13.0. The van der Waals surface area contributed by atoms with Crippen LogP contribution in [0.4, 0.5) is 0 Å². The molecule has 2 atom stereocenters. The minimum absolute atomic E-state index is 0.138. The van der Waals surface area contributed by atoms with E-state index in [-0.39, 0.29) is 11.9 Å². The van der Waals surface area contributed by atoms with Crippen LogP contribution in [0.15, 0.2) is 72.8 Å².